The second-order valence-corrected chi connectivity index (χ2v) is 4.38. The summed E-state index contributed by atoms with van der Waals surface area (Å²) in [4.78, 5) is 8.21. The molecule has 0 radical (unpaired) electrons. The van der Waals surface area contributed by atoms with Gasteiger partial charge in [-0.25, -0.2) is 9.97 Å². The lowest BCUT2D eigenvalue weighted by Gasteiger charge is -2.11. The predicted molar refractivity (Wildman–Crippen MR) is 78.4 cm³/mol. The third-order valence-electron chi connectivity index (χ3n) is 3.17. The maximum absolute atomic E-state index is 5.80. The third-order valence-corrected chi connectivity index (χ3v) is 3.17. The highest BCUT2D eigenvalue weighted by Gasteiger charge is 2.06. The normalized spacial score (nSPS) is 10.6. The first kappa shape index (κ1) is 11.5. The van der Waals surface area contributed by atoms with E-state index in [4.69, 9.17) is 5.73 Å². The second kappa shape index (κ2) is 4.57. The molecule has 0 unspecified atom stereocenters. The number of nitrogens with zero attached hydrogens (tertiary/aromatic N) is 2. The van der Waals surface area contributed by atoms with E-state index < -0.39 is 0 Å². The third kappa shape index (κ3) is 2.08. The number of rotatable bonds is 2. The Morgan fingerprint density at radius 1 is 1.00 bits per heavy atom. The van der Waals surface area contributed by atoms with Crippen LogP contribution in [-0.4, -0.2) is 9.97 Å². The van der Waals surface area contributed by atoms with Gasteiger partial charge in [0.1, 0.15) is 18.0 Å². The van der Waals surface area contributed by atoms with Crippen LogP contribution in [0, 0.1) is 6.92 Å². The van der Waals surface area contributed by atoms with Crippen LogP contribution < -0.4 is 11.1 Å². The van der Waals surface area contributed by atoms with Crippen molar-refractivity contribution in [1.82, 2.24) is 9.97 Å². The molecule has 0 bridgehead atoms. The van der Waals surface area contributed by atoms with Crippen molar-refractivity contribution in [2.45, 2.75) is 6.92 Å². The summed E-state index contributed by atoms with van der Waals surface area (Å²) in [5.41, 5.74) is 7.67. The fraction of sp³-hybridized carbons (Fsp3) is 0.0667. The number of hydrogen-bond donors (Lipinski definition) is 2. The van der Waals surface area contributed by atoms with Gasteiger partial charge in [0, 0.05) is 16.6 Å². The van der Waals surface area contributed by atoms with E-state index in [0.29, 0.717) is 5.82 Å². The maximum atomic E-state index is 5.80. The van der Waals surface area contributed by atoms with Crippen molar-refractivity contribution in [3.05, 3.63) is 54.4 Å². The van der Waals surface area contributed by atoms with Crippen molar-refractivity contribution < 1.29 is 0 Å². The average molecular weight is 250 g/mol. The summed E-state index contributed by atoms with van der Waals surface area (Å²) in [5.74, 6) is 1.24. The second-order valence-electron chi connectivity index (χ2n) is 4.38. The van der Waals surface area contributed by atoms with Crippen LogP contribution in [0.15, 0.2) is 48.8 Å². The van der Waals surface area contributed by atoms with E-state index in [1.807, 2.05) is 31.2 Å². The van der Waals surface area contributed by atoms with Crippen molar-refractivity contribution in [3.63, 3.8) is 0 Å². The van der Waals surface area contributed by atoms with Gasteiger partial charge in [-0.15, -0.1) is 0 Å². The zero-order chi connectivity index (χ0) is 13.2. The highest BCUT2D eigenvalue weighted by Crippen LogP contribution is 2.27. The van der Waals surface area contributed by atoms with Gasteiger partial charge in [0.25, 0.3) is 0 Å². The molecule has 3 rings (SSSR count). The average Bonchev–Trinajstić information content (AvgIpc) is 2.44. The summed E-state index contributed by atoms with van der Waals surface area (Å²) >= 11 is 0. The largest absolute Gasteiger partial charge is 0.383 e. The van der Waals surface area contributed by atoms with Gasteiger partial charge in [0.05, 0.1) is 0 Å². The lowest BCUT2D eigenvalue weighted by Crippen LogP contribution is -2.02. The first-order chi connectivity index (χ1) is 9.25. The summed E-state index contributed by atoms with van der Waals surface area (Å²) < 4.78 is 0. The molecule has 3 N–H and O–H groups in total. The summed E-state index contributed by atoms with van der Waals surface area (Å²) in [6.45, 7) is 1.91. The van der Waals surface area contributed by atoms with E-state index in [-0.39, 0.29) is 0 Å². The van der Waals surface area contributed by atoms with Crippen molar-refractivity contribution in [1.29, 1.82) is 0 Å². The topological polar surface area (TPSA) is 63.8 Å². The van der Waals surface area contributed by atoms with Gasteiger partial charge in [-0.2, -0.15) is 0 Å². The Labute approximate surface area is 111 Å². The maximum Gasteiger partial charge on any atom is 0.138 e. The highest BCUT2D eigenvalue weighted by atomic mass is 15.0. The lowest BCUT2D eigenvalue weighted by atomic mass is 10.1. The van der Waals surface area contributed by atoms with Crippen molar-refractivity contribution >= 4 is 28.1 Å². The molecule has 0 saturated carbocycles. The molecule has 2 aromatic carbocycles. The molecule has 1 aromatic heterocycles. The molecule has 0 saturated heterocycles. The van der Waals surface area contributed by atoms with Crippen LogP contribution >= 0.6 is 0 Å². The zero-order valence-electron chi connectivity index (χ0n) is 10.6. The summed E-state index contributed by atoms with van der Waals surface area (Å²) in [7, 11) is 0. The minimum Gasteiger partial charge on any atom is -0.383 e. The van der Waals surface area contributed by atoms with Crippen LogP contribution in [0.4, 0.5) is 17.3 Å². The molecular formula is C15H14N4. The van der Waals surface area contributed by atoms with Gasteiger partial charge in [-0.05, 0) is 18.4 Å². The number of nitrogens with one attached hydrogen (secondary N) is 1. The van der Waals surface area contributed by atoms with Gasteiger partial charge in [-0.1, -0.05) is 36.4 Å². The van der Waals surface area contributed by atoms with Crippen LogP contribution in [0.5, 0.6) is 0 Å². The number of fused-ring (bicyclic) bond motifs is 1. The van der Waals surface area contributed by atoms with E-state index in [2.05, 4.69) is 33.5 Å². The van der Waals surface area contributed by atoms with E-state index in [9.17, 15) is 0 Å². The van der Waals surface area contributed by atoms with Gasteiger partial charge < -0.3 is 11.1 Å². The minimum atomic E-state index is 0.498. The number of benzene rings is 2. The molecule has 19 heavy (non-hydrogen) atoms. The monoisotopic (exact) mass is 250 g/mol. The van der Waals surface area contributed by atoms with E-state index in [1.165, 1.54) is 11.7 Å². The van der Waals surface area contributed by atoms with Crippen molar-refractivity contribution in [2.75, 3.05) is 11.1 Å². The lowest BCUT2D eigenvalue weighted by molar-refractivity contribution is 1.14. The number of nitrogen functional groups attached to an aromatic ring is 1. The Morgan fingerprint density at radius 3 is 2.68 bits per heavy atom. The molecule has 4 nitrogen and oxygen atoms in total. The molecule has 3 aromatic rings. The number of hydrogen-bond acceptors (Lipinski definition) is 4. The Kier molecular flexibility index (Phi) is 2.76. The summed E-state index contributed by atoms with van der Waals surface area (Å²) in [5, 5.41) is 5.67. The van der Waals surface area contributed by atoms with Gasteiger partial charge in [0.2, 0.25) is 0 Å². The molecule has 0 aliphatic rings. The van der Waals surface area contributed by atoms with Gasteiger partial charge in [0.15, 0.2) is 0 Å². The Balaban J connectivity index is 2.09. The summed E-state index contributed by atoms with van der Waals surface area (Å²) in [6, 6.07) is 14.3. The molecule has 0 fully saturated rings. The molecule has 1 heterocycles. The minimum absolute atomic E-state index is 0.498. The van der Waals surface area contributed by atoms with Crippen LogP contribution in [-0.2, 0) is 0 Å². The van der Waals surface area contributed by atoms with Crippen molar-refractivity contribution in [3.8, 4) is 0 Å². The Bertz CT molecular complexity index is 732. The van der Waals surface area contributed by atoms with Crippen LogP contribution in [0.25, 0.3) is 10.8 Å². The Morgan fingerprint density at radius 2 is 1.79 bits per heavy atom. The SMILES string of the molecule is Cc1c(N)ncnc1Nc1cccc2ccccc12. The highest BCUT2D eigenvalue weighted by molar-refractivity contribution is 5.95. The van der Waals surface area contributed by atoms with Crippen molar-refractivity contribution in [2.24, 2.45) is 0 Å². The number of anilines is 3. The molecule has 0 spiro atoms. The number of aromatic nitrogens is 2. The van der Waals surface area contributed by atoms with Crippen LogP contribution in [0.2, 0.25) is 0 Å². The fourth-order valence-electron chi connectivity index (χ4n) is 2.05. The molecule has 4 heteroatoms. The van der Waals surface area contributed by atoms with E-state index >= 15 is 0 Å². The van der Waals surface area contributed by atoms with E-state index in [0.717, 1.165) is 22.5 Å². The zero-order valence-corrected chi connectivity index (χ0v) is 10.6. The Hall–Kier alpha value is -2.62. The fourth-order valence-corrected chi connectivity index (χ4v) is 2.05. The van der Waals surface area contributed by atoms with Gasteiger partial charge >= 0.3 is 0 Å². The van der Waals surface area contributed by atoms with Crippen LogP contribution in [0.3, 0.4) is 0 Å². The molecule has 0 atom stereocenters. The molecule has 94 valence electrons. The van der Waals surface area contributed by atoms with E-state index in [1.54, 1.807) is 0 Å². The van der Waals surface area contributed by atoms with Gasteiger partial charge in [-0.3, -0.25) is 0 Å². The quantitative estimate of drug-likeness (QED) is 0.732. The standard InChI is InChI=1S/C15H14N4/c1-10-14(16)17-9-18-15(10)19-13-8-4-6-11-5-2-3-7-12(11)13/h2-9H,1H3,(H3,16,17,18,19). The first-order valence-electron chi connectivity index (χ1n) is 6.07. The molecule has 0 aliphatic carbocycles. The molecular weight excluding hydrogens is 236 g/mol. The predicted octanol–water partition coefficient (Wildman–Crippen LogP) is 3.26. The molecule has 0 aliphatic heterocycles. The smallest absolute Gasteiger partial charge is 0.138 e. The summed E-state index contributed by atoms with van der Waals surface area (Å²) in [6.07, 6.45) is 1.47. The first-order valence-corrected chi connectivity index (χ1v) is 6.07. The number of nitrogens with two attached hydrogens (primary N) is 1. The van der Waals surface area contributed by atoms with Crippen LogP contribution in [0.1, 0.15) is 5.56 Å². The molecule has 0 amide bonds.